The van der Waals surface area contributed by atoms with E-state index in [1.807, 2.05) is 30.3 Å². The highest BCUT2D eigenvalue weighted by Crippen LogP contribution is 2.35. The molecule has 3 aromatic rings. The Kier molecular flexibility index (Phi) is 3.38. The molecule has 0 bridgehead atoms. The summed E-state index contributed by atoms with van der Waals surface area (Å²) in [7, 11) is 0. The molecule has 1 atom stereocenters. The molecule has 4 heteroatoms. The molecule has 0 aliphatic carbocycles. The normalized spacial score (nSPS) is 16.5. The quantitative estimate of drug-likeness (QED) is 0.311. The third-order valence-corrected chi connectivity index (χ3v) is 4.33. The number of halogens is 1. The van der Waals surface area contributed by atoms with E-state index in [4.69, 9.17) is 4.74 Å². The fourth-order valence-corrected chi connectivity index (χ4v) is 3.13. The Balaban J connectivity index is 1.77. The lowest BCUT2D eigenvalue weighted by Gasteiger charge is -2.23. The minimum absolute atomic E-state index is 0.181. The average Bonchev–Trinajstić information content (AvgIpc) is 2.60. The molecule has 4 rings (SSSR count). The standard InChI is InChI=1S/C20H13FO3/c21-14-6-3-5-13(10-14)19(22)17-11-16-15-7-2-1-4-12(15)8-9-18(16)24-20(17)23/h1-10,17H,11H2. The largest absolute Gasteiger partial charge is 0.426 e. The number of benzene rings is 3. The molecule has 0 aromatic heterocycles. The maximum absolute atomic E-state index is 13.4. The van der Waals surface area contributed by atoms with Gasteiger partial charge in [-0.3, -0.25) is 9.59 Å². The first-order chi connectivity index (χ1) is 11.6. The van der Waals surface area contributed by atoms with Crippen molar-refractivity contribution in [3.8, 4) is 5.75 Å². The zero-order valence-corrected chi connectivity index (χ0v) is 12.7. The Morgan fingerprint density at radius 2 is 1.88 bits per heavy atom. The number of esters is 1. The number of carbonyl (C=O) groups is 2. The molecule has 0 spiro atoms. The molecule has 3 aromatic carbocycles. The van der Waals surface area contributed by atoms with E-state index >= 15 is 0 Å². The van der Waals surface area contributed by atoms with Crippen molar-refractivity contribution in [2.75, 3.05) is 0 Å². The average molecular weight is 320 g/mol. The molecule has 24 heavy (non-hydrogen) atoms. The first kappa shape index (κ1) is 14.6. The fraction of sp³-hybridized carbons (Fsp3) is 0.100. The van der Waals surface area contributed by atoms with Crippen LogP contribution in [0.5, 0.6) is 5.75 Å². The second-order valence-corrected chi connectivity index (χ2v) is 5.82. The molecule has 0 radical (unpaired) electrons. The lowest BCUT2D eigenvalue weighted by molar-refractivity contribution is -0.138. The second-order valence-electron chi connectivity index (χ2n) is 5.82. The summed E-state index contributed by atoms with van der Waals surface area (Å²) < 4.78 is 18.7. The molecular formula is C20H13FO3. The summed E-state index contributed by atoms with van der Waals surface area (Å²) in [5.74, 6) is -1.98. The summed E-state index contributed by atoms with van der Waals surface area (Å²) in [6.45, 7) is 0. The highest BCUT2D eigenvalue weighted by atomic mass is 19.1. The van der Waals surface area contributed by atoms with Crippen molar-refractivity contribution in [1.29, 1.82) is 0 Å². The molecule has 0 amide bonds. The molecule has 0 N–H and O–H groups in total. The summed E-state index contributed by atoms with van der Waals surface area (Å²) in [6.07, 6.45) is 0.255. The molecule has 0 saturated heterocycles. The van der Waals surface area contributed by atoms with Crippen molar-refractivity contribution in [3.63, 3.8) is 0 Å². The number of ether oxygens (including phenoxy) is 1. The molecule has 1 aliphatic heterocycles. The number of carbonyl (C=O) groups excluding carboxylic acids is 2. The van der Waals surface area contributed by atoms with Gasteiger partial charge in [0.25, 0.3) is 0 Å². The Labute approximate surface area is 137 Å². The van der Waals surface area contributed by atoms with E-state index in [-0.39, 0.29) is 12.0 Å². The number of Topliss-reactive ketones (excluding diaryl/α,β-unsaturated/α-hetero) is 1. The van der Waals surface area contributed by atoms with Crippen molar-refractivity contribution in [1.82, 2.24) is 0 Å². The van der Waals surface area contributed by atoms with Crippen LogP contribution in [0.15, 0.2) is 60.7 Å². The smallest absolute Gasteiger partial charge is 0.322 e. The van der Waals surface area contributed by atoms with Gasteiger partial charge in [0.2, 0.25) is 0 Å². The van der Waals surface area contributed by atoms with E-state index in [1.54, 1.807) is 6.07 Å². The topological polar surface area (TPSA) is 43.4 Å². The molecule has 1 heterocycles. The van der Waals surface area contributed by atoms with Gasteiger partial charge >= 0.3 is 5.97 Å². The summed E-state index contributed by atoms with van der Waals surface area (Å²) in [6, 6.07) is 16.8. The summed E-state index contributed by atoms with van der Waals surface area (Å²) >= 11 is 0. The van der Waals surface area contributed by atoms with Crippen LogP contribution in [0, 0.1) is 11.7 Å². The highest BCUT2D eigenvalue weighted by Gasteiger charge is 2.35. The van der Waals surface area contributed by atoms with E-state index in [1.165, 1.54) is 18.2 Å². The van der Waals surface area contributed by atoms with E-state index in [0.717, 1.165) is 22.4 Å². The van der Waals surface area contributed by atoms with Crippen LogP contribution in [0.1, 0.15) is 15.9 Å². The van der Waals surface area contributed by atoms with Crippen LogP contribution in [-0.4, -0.2) is 11.8 Å². The highest BCUT2D eigenvalue weighted by molar-refractivity contribution is 6.10. The minimum Gasteiger partial charge on any atom is -0.426 e. The van der Waals surface area contributed by atoms with Crippen molar-refractivity contribution in [2.45, 2.75) is 6.42 Å². The number of fused-ring (bicyclic) bond motifs is 3. The van der Waals surface area contributed by atoms with Crippen LogP contribution in [0.2, 0.25) is 0 Å². The SMILES string of the molecule is O=C1Oc2ccc3ccccc3c2CC1C(=O)c1cccc(F)c1. The van der Waals surface area contributed by atoms with Crippen molar-refractivity contribution in [3.05, 3.63) is 77.6 Å². The van der Waals surface area contributed by atoms with Crippen LogP contribution < -0.4 is 4.74 Å². The summed E-state index contributed by atoms with van der Waals surface area (Å²) in [5, 5.41) is 1.98. The molecule has 0 saturated carbocycles. The minimum atomic E-state index is -0.954. The lowest BCUT2D eigenvalue weighted by Crippen LogP contribution is -2.34. The maximum atomic E-state index is 13.4. The molecule has 1 aliphatic rings. The Hall–Kier alpha value is -3.01. The predicted octanol–water partition coefficient (Wildman–Crippen LogP) is 3.94. The van der Waals surface area contributed by atoms with Crippen molar-refractivity contribution in [2.24, 2.45) is 5.92 Å². The van der Waals surface area contributed by atoms with E-state index < -0.39 is 23.5 Å². The Morgan fingerprint density at radius 1 is 1.04 bits per heavy atom. The first-order valence-corrected chi connectivity index (χ1v) is 7.65. The van der Waals surface area contributed by atoms with E-state index in [0.29, 0.717) is 5.75 Å². The third kappa shape index (κ3) is 2.36. The van der Waals surface area contributed by atoms with E-state index in [2.05, 4.69) is 0 Å². The Morgan fingerprint density at radius 3 is 2.71 bits per heavy atom. The summed E-state index contributed by atoms with van der Waals surface area (Å²) in [4.78, 5) is 24.9. The van der Waals surface area contributed by atoms with Gasteiger partial charge in [-0.15, -0.1) is 0 Å². The van der Waals surface area contributed by atoms with Crippen LogP contribution in [0.3, 0.4) is 0 Å². The van der Waals surface area contributed by atoms with Gasteiger partial charge in [-0.25, -0.2) is 4.39 Å². The van der Waals surface area contributed by atoms with Crippen molar-refractivity contribution >= 4 is 22.5 Å². The number of ketones is 1. The van der Waals surface area contributed by atoms with Gasteiger partial charge in [0.1, 0.15) is 17.5 Å². The molecule has 3 nitrogen and oxygen atoms in total. The van der Waals surface area contributed by atoms with Gasteiger partial charge in [-0.1, -0.05) is 42.5 Å². The zero-order valence-electron chi connectivity index (χ0n) is 12.7. The number of rotatable bonds is 2. The molecule has 118 valence electrons. The second kappa shape index (κ2) is 5.57. The first-order valence-electron chi connectivity index (χ1n) is 7.65. The lowest BCUT2D eigenvalue weighted by atomic mass is 9.87. The van der Waals surface area contributed by atoms with Crippen LogP contribution in [0.25, 0.3) is 10.8 Å². The third-order valence-electron chi connectivity index (χ3n) is 4.33. The number of hydrogen-bond donors (Lipinski definition) is 0. The maximum Gasteiger partial charge on any atom is 0.322 e. The monoisotopic (exact) mass is 320 g/mol. The Bertz CT molecular complexity index is 978. The van der Waals surface area contributed by atoms with Gasteiger partial charge in [0.05, 0.1) is 0 Å². The van der Waals surface area contributed by atoms with Gasteiger partial charge in [0, 0.05) is 11.1 Å². The summed E-state index contributed by atoms with van der Waals surface area (Å²) in [5.41, 5.74) is 1.02. The van der Waals surface area contributed by atoms with Gasteiger partial charge in [-0.05, 0) is 35.4 Å². The predicted molar refractivity (Wildman–Crippen MR) is 87.5 cm³/mol. The van der Waals surface area contributed by atoms with E-state index in [9.17, 15) is 14.0 Å². The molecule has 0 fully saturated rings. The van der Waals surface area contributed by atoms with Crippen LogP contribution >= 0.6 is 0 Å². The fourth-order valence-electron chi connectivity index (χ4n) is 3.13. The molecule has 1 unspecified atom stereocenters. The van der Waals surface area contributed by atoms with Crippen LogP contribution in [-0.2, 0) is 11.2 Å². The van der Waals surface area contributed by atoms with Gasteiger partial charge in [-0.2, -0.15) is 0 Å². The van der Waals surface area contributed by atoms with Crippen LogP contribution in [0.4, 0.5) is 4.39 Å². The van der Waals surface area contributed by atoms with Crippen molar-refractivity contribution < 1.29 is 18.7 Å². The number of hydrogen-bond acceptors (Lipinski definition) is 3. The molecular weight excluding hydrogens is 307 g/mol. The zero-order chi connectivity index (χ0) is 16.7. The van der Waals surface area contributed by atoms with Gasteiger partial charge in [0.15, 0.2) is 5.78 Å². The van der Waals surface area contributed by atoms with Gasteiger partial charge < -0.3 is 4.74 Å².